The number of nitrogens with zero attached hydrogens (tertiary/aromatic N) is 1. The molecule has 4 aromatic rings. The van der Waals surface area contributed by atoms with Gasteiger partial charge in [0.1, 0.15) is 11.5 Å². The van der Waals surface area contributed by atoms with E-state index in [1.54, 1.807) is 24.3 Å². The Bertz CT molecular complexity index is 1540. The summed E-state index contributed by atoms with van der Waals surface area (Å²) in [7, 11) is 1.50. The molecule has 5 nitrogen and oxygen atoms in total. The predicted octanol–water partition coefficient (Wildman–Crippen LogP) is 6.77. The number of rotatable bonds is 4. The van der Waals surface area contributed by atoms with Crippen molar-refractivity contribution < 1.29 is 19.4 Å². The number of Topliss-reactive ketones (excluding diaryl/α,β-unsaturated/α-hetero) is 1. The standard InChI is InChI=1S/C32H29NO4/c1-32(2,3)22-18-16-21(17-19-22)28-27(29(34)24-13-7-8-15-26(24)37-4)30(35)31(36)33(28)25-14-9-11-20-10-5-6-12-23(20)25/h5-19,28,34H,1-4H3/b29-27+. The van der Waals surface area contributed by atoms with Crippen molar-refractivity contribution in [3.05, 3.63) is 113 Å². The Labute approximate surface area is 216 Å². The second-order valence-electron chi connectivity index (χ2n) is 10.2. The molecule has 0 saturated carbocycles. The van der Waals surface area contributed by atoms with Gasteiger partial charge in [-0.2, -0.15) is 0 Å². The zero-order chi connectivity index (χ0) is 26.3. The minimum atomic E-state index is -0.815. The third kappa shape index (κ3) is 4.16. The number of aliphatic hydroxyl groups excluding tert-OH is 1. The molecule has 0 aliphatic carbocycles. The van der Waals surface area contributed by atoms with Crippen LogP contribution in [0.15, 0.2) is 96.6 Å². The van der Waals surface area contributed by atoms with Gasteiger partial charge in [0.25, 0.3) is 11.7 Å². The summed E-state index contributed by atoms with van der Waals surface area (Å²) < 4.78 is 5.45. The summed E-state index contributed by atoms with van der Waals surface area (Å²) in [6.07, 6.45) is 0. The molecule has 4 aromatic carbocycles. The summed E-state index contributed by atoms with van der Waals surface area (Å²) in [6.45, 7) is 6.39. The molecule has 1 aliphatic heterocycles. The second-order valence-corrected chi connectivity index (χ2v) is 10.2. The molecule has 1 heterocycles. The van der Waals surface area contributed by atoms with Gasteiger partial charge in [-0.3, -0.25) is 14.5 Å². The SMILES string of the molecule is COc1ccccc1/C(O)=C1\C(=O)C(=O)N(c2cccc3ccccc23)C1c1ccc(C(C)(C)C)cc1. The van der Waals surface area contributed by atoms with E-state index in [1.165, 1.54) is 12.0 Å². The first-order valence-corrected chi connectivity index (χ1v) is 12.2. The van der Waals surface area contributed by atoms with Crippen LogP contribution >= 0.6 is 0 Å². The van der Waals surface area contributed by atoms with E-state index in [9.17, 15) is 14.7 Å². The molecule has 1 atom stereocenters. The van der Waals surface area contributed by atoms with Crippen molar-refractivity contribution in [3.63, 3.8) is 0 Å². The molecule has 5 rings (SSSR count). The van der Waals surface area contributed by atoms with Gasteiger partial charge in [0, 0.05) is 5.39 Å². The molecule has 5 heteroatoms. The Morgan fingerprint density at radius 2 is 1.49 bits per heavy atom. The van der Waals surface area contributed by atoms with Gasteiger partial charge >= 0.3 is 0 Å². The highest BCUT2D eigenvalue weighted by atomic mass is 16.5. The second kappa shape index (κ2) is 9.25. The van der Waals surface area contributed by atoms with Crippen LogP contribution in [-0.2, 0) is 15.0 Å². The highest BCUT2D eigenvalue weighted by molar-refractivity contribution is 6.52. The van der Waals surface area contributed by atoms with Crippen LogP contribution in [-0.4, -0.2) is 23.9 Å². The van der Waals surface area contributed by atoms with Crippen LogP contribution in [0.2, 0.25) is 0 Å². The van der Waals surface area contributed by atoms with Gasteiger partial charge < -0.3 is 9.84 Å². The maximum absolute atomic E-state index is 13.7. The third-order valence-electron chi connectivity index (χ3n) is 6.93. The average Bonchev–Trinajstić information content (AvgIpc) is 3.17. The Morgan fingerprint density at radius 1 is 0.838 bits per heavy atom. The number of amides is 1. The third-order valence-corrected chi connectivity index (χ3v) is 6.93. The van der Waals surface area contributed by atoms with Crippen molar-refractivity contribution in [1.82, 2.24) is 0 Å². The fraction of sp³-hybridized carbons (Fsp3) is 0.188. The first kappa shape index (κ1) is 24.3. The van der Waals surface area contributed by atoms with Crippen LogP contribution in [0.1, 0.15) is 43.5 Å². The van der Waals surface area contributed by atoms with E-state index in [4.69, 9.17) is 4.74 Å². The molecule has 186 valence electrons. The van der Waals surface area contributed by atoms with Crippen molar-refractivity contribution in [2.75, 3.05) is 12.0 Å². The number of benzene rings is 4. The Morgan fingerprint density at radius 3 is 2.19 bits per heavy atom. The Hall–Kier alpha value is -4.38. The maximum Gasteiger partial charge on any atom is 0.300 e. The highest BCUT2D eigenvalue weighted by Crippen LogP contribution is 2.45. The number of hydrogen-bond donors (Lipinski definition) is 1. The normalized spacial score (nSPS) is 17.4. The van der Waals surface area contributed by atoms with Crippen LogP contribution in [0.25, 0.3) is 16.5 Å². The van der Waals surface area contributed by atoms with Crippen molar-refractivity contribution >= 4 is 33.9 Å². The zero-order valence-electron chi connectivity index (χ0n) is 21.4. The number of hydrogen-bond acceptors (Lipinski definition) is 4. The number of ketones is 1. The van der Waals surface area contributed by atoms with Crippen molar-refractivity contribution in [2.24, 2.45) is 0 Å². The predicted molar refractivity (Wildman–Crippen MR) is 147 cm³/mol. The molecule has 0 spiro atoms. The van der Waals surface area contributed by atoms with Gasteiger partial charge in [0.15, 0.2) is 0 Å². The molecule has 1 saturated heterocycles. The van der Waals surface area contributed by atoms with Crippen molar-refractivity contribution in [1.29, 1.82) is 0 Å². The highest BCUT2D eigenvalue weighted by Gasteiger charge is 2.47. The number of carbonyl (C=O) groups excluding carboxylic acids is 2. The minimum absolute atomic E-state index is 0.0333. The molecular formula is C32H29NO4. The van der Waals surface area contributed by atoms with Gasteiger partial charge in [-0.25, -0.2) is 0 Å². The number of fused-ring (bicyclic) bond motifs is 1. The van der Waals surface area contributed by atoms with Gasteiger partial charge in [0.2, 0.25) is 0 Å². The van der Waals surface area contributed by atoms with E-state index in [1.807, 2.05) is 66.7 Å². The number of carbonyl (C=O) groups is 2. The van der Waals surface area contributed by atoms with Crippen LogP contribution in [0.4, 0.5) is 5.69 Å². The quantitative estimate of drug-likeness (QED) is 0.194. The summed E-state index contributed by atoms with van der Waals surface area (Å²) in [4.78, 5) is 28.8. The first-order chi connectivity index (χ1) is 17.7. The lowest BCUT2D eigenvalue weighted by atomic mass is 9.85. The first-order valence-electron chi connectivity index (χ1n) is 12.2. The summed E-state index contributed by atoms with van der Waals surface area (Å²) in [5.41, 5.74) is 2.81. The van der Waals surface area contributed by atoms with E-state index in [2.05, 4.69) is 20.8 Å². The zero-order valence-corrected chi connectivity index (χ0v) is 21.4. The number of methoxy groups -OCH3 is 1. The number of para-hydroxylation sites is 1. The lowest BCUT2D eigenvalue weighted by Gasteiger charge is -2.27. The largest absolute Gasteiger partial charge is 0.507 e. The molecule has 1 aliphatic rings. The van der Waals surface area contributed by atoms with E-state index < -0.39 is 17.7 Å². The van der Waals surface area contributed by atoms with Gasteiger partial charge in [-0.1, -0.05) is 93.6 Å². The lowest BCUT2D eigenvalue weighted by Crippen LogP contribution is -2.29. The molecule has 1 fully saturated rings. The Balaban J connectivity index is 1.78. The van der Waals surface area contributed by atoms with Gasteiger partial charge in [-0.05, 0) is 40.1 Å². The molecule has 1 N–H and O–H groups in total. The van der Waals surface area contributed by atoms with E-state index in [-0.39, 0.29) is 16.7 Å². The molecule has 37 heavy (non-hydrogen) atoms. The summed E-state index contributed by atoms with van der Waals surface area (Å²) in [5.74, 6) is -1.26. The van der Waals surface area contributed by atoms with Crippen molar-refractivity contribution in [3.8, 4) is 5.75 Å². The molecule has 0 bridgehead atoms. The smallest absolute Gasteiger partial charge is 0.300 e. The number of anilines is 1. The van der Waals surface area contributed by atoms with Crippen molar-refractivity contribution in [2.45, 2.75) is 32.2 Å². The topological polar surface area (TPSA) is 66.8 Å². The van der Waals surface area contributed by atoms with Crippen LogP contribution in [0.5, 0.6) is 5.75 Å². The summed E-state index contributed by atoms with van der Waals surface area (Å²) >= 11 is 0. The van der Waals surface area contributed by atoms with Crippen LogP contribution in [0.3, 0.4) is 0 Å². The molecular weight excluding hydrogens is 462 g/mol. The van der Waals surface area contributed by atoms with Gasteiger partial charge in [-0.15, -0.1) is 0 Å². The molecule has 0 aromatic heterocycles. The fourth-order valence-electron chi connectivity index (χ4n) is 4.97. The van der Waals surface area contributed by atoms with Crippen LogP contribution < -0.4 is 9.64 Å². The lowest BCUT2D eigenvalue weighted by molar-refractivity contribution is -0.132. The van der Waals surface area contributed by atoms with E-state index in [0.29, 0.717) is 17.0 Å². The molecule has 1 unspecified atom stereocenters. The molecule has 0 radical (unpaired) electrons. The molecule has 1 amide bonds. The van der Waals surface area contributed by atoms with Crippen LogP contribution in [0, 0.1) is 0 Å². The minimum Gasteiger partial charge on any atom is -0.507 e. The fourth-order valence-corrected chi connectivity index (χ4v) is 4.97. The maximum atomic E-state index is 13.7. The summed E-state index contributed by atoms with van der Waals surface area (Å²) in [5, 5.41) is 13.3. The number of ether oxygens (including phenoxy) is 1. The Kier molecular flexibility index (Phi) is 6.08. The monoisotopic (exact) mass is 491 g/mol. The van der Waals surface area contributed by atoms with Gasteiger partial charge in [0.05, 0.1) is 30.0 Å². The van der Waals surface area contributed by atoms with E-state index in [0.717, 1.165) is 21.9 Å². The summed E-state index contributed by atoms with van der Waals surface area (Å²) in [6, 6.07) is 27.4. The number of aliphatic hydroxyl groups is 1. The average molecular weight is 492 g/mol. The van der Waals surface area contributed by atoms with E-state index >= 15 is 0 Å².